The number of hydrogen-bond donors (Lipinski definition) is 1. The summed E-state index contributed by atoms with van der Waals surface area (Å²) in [5.41, 5.74) is 0.972. The molecule has 2 aromatic rings. The van der Waals surface area contributed by atoms with Crippen molar-refractivity contribution in [3.8, 4) is 5.75 Å². The summed E-state index contributed by atoms with van der Waals surface area (Å²) in [5.74, 6) is -0.269. The summed E-state index contributed by atoms with van der Waals surface area (Å²) >= 11 is 0. The van der Waals surface area contributed by atoms with Gasteiger partial charge in [-0.05, 0) is 43.2 Å². The lowest BCUT2D eigenvalue weighted by Crippen LogP contribution is -2.41. The Hall–Kier alpha value is -2.89. The number of halogens is 1. The average molecular weight is 356 g/mol. The monoisotopic (exact) mass is 356 g/mol. The number of hydrogen-bond acceptors (Lipinski definition) is 3. The number of anilines is 1. The molecule has 6 heteroatoms. The topological polar surface area (TPSA) is 58.6 Å². The Morgan fingerprint density at radius 3 is 2.54 bits per heavy atom. The molecular formula is C20H21FN2O3. The normalized spacial score (nSPS) is 14.8. The molecule has 1 aliphatic heterocycles. The van der Waals surface area contributed by atoms with Gasteiger partial charge in [-0.25, -0.2) is 4.39 Å². The van der Waals surface area contributed by atoms with E-state index in [0.717, 1.165) is 0 Å². The highest BCUT2D eigenvalue weighted by Gasteiger charge is 2.28. The number of likely N-dealkylation sites (tertiary alicyclic amines) is 1. The number of benzene rings is 2. The number of carbonyl (C=O) groups is 2. The summed E-state index contributed by atoms with van der Waals surface area (Å²) in [6.45, 7) is 0.996. The molecule has 0 unspecified atom stereocenters. The van der Waals surface area contributed by atoms with Crippen LogP contribution in [0.25, 0.3) is 0 Å². The van der Waals surface area contributed by atoms with Crippen LogP contribution in [0.2, 0.25) is 0 Å². The number of carbonyl (C=O) groups excluding carboxylic acids is 2. The SMILES string of the molecule is COc1ccccc1C(=O)N1CCC(C(=O)Nc2cccc(F)c2)CC1. The van der Waals surface area contributed by atoms with Crippen LogP contribution in [0, 0.1) is 11.7 Å². The van der Waals surface area contributed by atoms with Crippen LogP contribution in [0.3, 0.4) is 0 Å². The Kier molecular flexibility index (Phi) is 5.51. The van der Waals surface area contributed by atoms with Gasteiger partial charge in [0.05, 0.1) is 12.7 Å². The molecular weight excluding hydrogens is 335 g/mol. The van der Waals surface area contributed by atoms with Crippen molar-refractivity contribution < 1.29 is 18.7 Å². The minimum atomic E-state index is -0.389. The zero-order chi connectivity index (χ0) is 18.5. The van der Waals surface area contributed by atoms with E-state index in [1.54, 1.807) is 35.2 Å². The van der Waals surface area contributed by atoms with E-state index in [0.29, 0.717) is 42.9 Å². The molecule has 0 aromatic heterocycles. The maximum atomic E-state index is 13.2. The molecule has 0 bridgehead atoms. The molecule has 1 saturated heterocycles. The van der Waals surface area contributed by atoms with Crippen molar-refractivity contribution in [2.45, 2.75) is 12.8 Å². The highest BCUT2D eigenvalue weighted by Crippen LogP contribution is 2.24. The van der Waals surface area contributed by atoms with Crippen LogP contribution in [0.15, 0.2) is 48.5 Å². The first-order valence-corrected chi connectivity index (χ1v) is 8.57. The van der Waals surface area contributed by atoms with Crippen LogP contribution in [-0.2, 0) is 4.79 Å². The van der Waals surface area contributed by atoms with Crippen molar-refractivity contribution in [3.63, 3.8) is 0 Å². The highest BCUT2D eigenvalue weighted by atomic mass is 19.1. The number of para-hydroxylation sites is 1. The third-order valence-corrected chi connectivity index (χ3v) is 4.58. The first-order valence-electron chi connectivity index (χ1n) is 8.57. The number of methoxy groups -OCH3 is 1. The number of ether oxygens (including phenoxy) is 1. The van der Waals surface area contributed by atoms with Crippen LogP contribution in [0.1, 0.15) is 23.2 Å². The summed E-state index contributed by atoms with van der Waals surface area (Å²) in [4.78, 5) is 26.8. The molecule has 26 heavy (non-hydrogen) atoms. The number of nitrogens with zero attached hydrogens (tertiary/aromatic N) is 1. The standard InChI is InChI=1S/C20H21FN2O3/c1-26-18-8-3-2-7-17(18)20(25)23-11-9-14(10-12-23)19(24)22-16-6-4-5-15(21)13-16/h2-8,13-14H,9-12H2,1H3,(H,22,24). The molecule has 0 aliphatic carbocycles. The Morgan fingerprint density at radius 2 is 1.85 bits per heavy atom. The maximum Gasteiger partial charge on any atom is 0.257 e. The fourth-order valence-corrected chi connectivity index (χ4v) is 3.15. The van der Waals surface area contributed by atoms with Gasteiger partial charge in [0.25, 0.3) is 5.91 Å². The molecule has 0 atom stereocenters. The van der Waals surface area contributed by atoms with Gasteiger partial charge in [0.15, 0.2) is 0 Å². The Bertz CT molecular complexity index is 801. The largest absolute Gasteiger partial charge is 0.496 e. The predicted octanol–water partition coefficient (Wildman–Crippen LogP) is 3.33. The van der Waals surface area contributed by atoms with Crippen LogP contribution in [-0.4, -0.2) is 36.9 Å². The fraction of sp³-hybridized carbons (Fsp3) is 0.300. The lowest BCUT2D eigenvalue weighted by molar-refractivity contribution is -0.121. The Balaban J connectivity index is 1.58. The van der Waals surface area contributed by atoms with Gasteiger partial charge >= 0.3 is 0 Å². The zero-order valence-electron chi connectivity index (χ0n) is 14.6. The van der Waals surface area contributed by atoms with Gasteiger partial charge in [-0.15, -0.1) is 0 Å². The smallest absolute Gasteiger partial charge is 0.257 e. The molecule has 2 amide bonds. The number of piperidine rings is 1. The van der Waals surface area contributed by atoms with Crippen molar-refractivity contribution in [2.75, 3.05) is 25.5 Å². The predicted molar refractivity (Wildman–Crippen MR) is 96.7 cm³/mol. The highest BCUT2D eigenvalue weighted by molar-refractivity contribution is 5.97. The molecule has 5 nitrogen and oxygen atoms in total. The fourth-order valence-electron chi connectivity index (χ4n) is 3.15. The quantitative estimate of drug-likeness (QED) is 0.914. The van der Waals surface area contributed by atoms with Gasteiger partial charge in [0.2, 0.25) is 5.91 Å². The van der Waals surface area contributed by atoms with E-state index < -0.39 is 0 Å². The molecule has 1 heterocycles. The van der Waals surface area contributed by atoms with Crippen molar-refractivity contribution >= 4 is 17.5 Å². The Morgan fingerprint density at radius 1 is 1.12 bits per heavy atom. The third kappa shape index (κ3) is 4.02. The van der Waals surface area contributed by atoms with Gasteiger partial charge in [-0.2, -0.15) is 0 Å². The second kappa shape index (κ2) is 7.99. The van der Waals surface area contributed by atoms with Gasteiger partial charge in [0, 0.05) is 24.7 Å². The summed E-state index contributed by atoms with van der Waals surface area (Å²) in [6, 6.07) is 12.9. The zero-order valence-corrected chi connectivity index (χ0v) is 14.6. The first-order chi connectivity index (χ1) is 12.6. The molecule has 0 spiro atoms. The van der Waals surface area contributed by atoms with Crippen LogP contribution in [0.4, 0.5) is 10.1 Å². The summed E-state index contributed by atoms with van der Waals surface area (Å²) in [6.07, 6.45) is 1.14. The maximum absolute atomic E-state index is 13.2. The van der Waals surface area contributed by atoms with Crippen molar-refractivity contribution in [1.82, 2.24) is 4.90 Å². The lowest BCUT2D eigenvalue weighted by Gasteiger charge is -2.31. The van der Waals surface area contributed by atoms with Crippen LogP contribution in [0.5, 0.6) is 5.75 Å². The summed E-state index contributed by atoms with van der Waals surface area (Å²) < 4.78 is 18.5. The molecule has 1 fully saturated rings. The molecule has 0 saturated carbocycles. The molecule has 136 valence electrons. The average Bonchev–Trinajstić information content (AvgIpc) is 2.67. The van der Waals surface area contributed by atoms with Gasteiger partial charge in [-0.3, -0.25) is 9.59 Å². The third-order valence-electron chi connectivity index (χ3n) is 4.58. The van der Waals surface area contributed by atoms with Crippen LogP contribution >= 0.6 is 0 Å². The van der Waals surface area contributed by atoms with Gasteiger partial charge < -0.3 is 15.0 Å². The Labute approximate surface area is 151 Å². The van der Waals surface area contributed by atoms with E-state index >= 15 is 0 Å². The lowest BCUT2D eigenvalue weighted by atomic mass is 9.95. The van der Waals surface area contributed by atoms with E-state index in [4.69, 9.17) is 4.74 Å². The second-order valence-corrected chi connectivity index (χ2v) is 6.27. The van der Waals surface area contributed by atoms with Crippen molar-refractivity contribution in [1.29, 1.82) is 0 Å². The summed E-state index contributed by atoms with van der Waals surface area (Å²) in [5, 5.41) is 2.74. The number of rotatable bonds is 4. The first kappa shape index (κ1) is 17.9. The molecule has 3 rings (SSSR count). The van der Waals surface area contributed by atoms with E-state index in [9.17, 15) is 14.0 Å². The van der Waals surface area contributed by atoms with Crippen LogP contribution < -0.4 is 10.1 Å². The second-order valence-electron chi connectivity index (χ2n) is 6.27. The van der Waals surface area contributed by atoms with Gasteiger partial charge in [0.1, 0.15) is 11.6 Å². The summed E-state index contributed by atoms with van der Waals surface area (Å²) in [7, 11) is 1.54. The van der Waals surface area contributed by atoms with E-state index in [2.05, 4.69) is 5.32 Å². The molecule has 1 aliphatic rings. The molecule has 0 radical (unpaired) electrons. The van der Waals surface area contributed by atoms with Crippen molar-refractivity contribution in [2.24, 2.45) is 5.92 Å². The minimum absolute atomic E-state index is 0.0913. The van der Waals surface area contributed by atoms with Crippen molar-refractivity contribution in [3.05, 3.63) is 59.9 Å². The van der Waals surface area contributed by atoms with E-state index in [1.807, 2.05) is 6.07 Å². The molecule has 1 N–H and O–H groups in total. The van der Waals surface area contributed by atoms with Gasteiger partial charge in [-0.1, -0.05) is 18.2 Å². The number of nitrogens with one attached hydrogen (secondary N) is 1. The number of amides is 2. The molecule has 2 aromatic carbocycles. The van der Waals surface area contributed by atoms with E-state index in [1.165, 1.54) is 19.2 Å². The van der Waals surface area contributed by atoms with E-state index in [-0.39, 0.29) is 23.5 Å². The minimum Gasteiger partial charge on any atom is -0.496 e.